The smallest absolute Gasteiger partial charge is 0.407 e. The van der Waals surface area contributed by atoms with E-state index in [9.17, 15) is 9.18 Å². The Morgan fingerprint density at radius 3 is 2.63 bits per heavy atom. The maximum absolute atomic E-state index is 13.7. The van der Waals surface area contributed by atoms with E-state index in [2.05, 4.69) is 21.2 Å². The molecule has 0 bridgehead atoms. The third kappa shape index (κ3) is 5.59. The van der Waals surface area contributed by atoms with Gasteiger partial charge in [-0.2, -0.15) is 0 Å². The second-order valence-corrected chi connectivity index (χ2v) is 6.37. The van der Waals surface area contributed by atoms with Crippen LogP contribution >= 0.6 is 15.9 Å². The van der Waals surface area contributed by atoms with Crippen molar-refractivity contribution in [2.75, 3.05) is 6.54 Å². The van der Waals surface area contributed by atoms with E-state index >= 15 is 0 Å². The molecule has 0 aliphatic rings. The van der Waals surface area contributed by atoms with Crippen molar-refractivity contribution in [3.05, 3.63) is 34.1 Å². The first kappa shape index (κ1) is 16.0. The summed E-state index contributed by atoms with van der Waals surface area (Å²) >= 11 is 3.21. The molecule has 0 fully saturated rings. The molecule has 0 aromatic heterocycles. The molecule has 0 radical (unpaired) electrons. The Kier molecular flexibility index (Phi) is 5.35. The third-order valence-corrected chi connectivity index (χ3v) is 2.94. The summed E-state index contributed by atoms with van der Waals surface area (Å²) in [4.78, 5) is 11.5. The van der Waals surface area contributed by atoms with Crippen molar-refractivity contribution in [3.63, 3.8) is 0 Å². The number of carbonyl (C=O) groups excluding carboxylic acids is 1. The molecule has 0 saturated carbocycles. The minimum absolute atomic E-state index is 0.124. The highest BCUT2D eigenvalue weighted by atomic mass is 79.9. The lowest BCUT2D eigenvalue weighted by Gasteiger charge is -2.21. The van der Waals surface area contributed by atoms with Crippen LogP contribution in [0.4, 0.5) is 9.18 Å². The molecule has 1 unspecified atom stereocenters. The molecule has 0 saturated heterocycles. The minimum atomic E-state index is -0.532. The Labute approximate surface area is 121 Å². The highest BCUT2D eigenvalue weighted by Gasteiger charge is 2.17. The Hall–Kier alpha value is -1.10. The first-order valence-corrected chi connectivity index (χ1v) is 6.90. The van der Waals surface area contributed by atoms with Gasteiger partial charge in [0.25, 0.3) is 0 Å². The third-order valence-electron chi connectivity index (χ3n) is 2.44. The molecule has 19 heavy (non-hydrogen) atoms. The number of alkyl carbamates (subject to hydrolysis) is 1. The molecule has 0 aliphatic carbocycles. The Morgan fingerprint density at radius 1 is 1.47 bits per heavy atom. The lowest BCUT2D eigenvalue weighted by Crippen LogP contribution is -2.34. The van der Waals surface area contributed by atoms with Crippen LogP contribution in [0.2, 0.25) is 0 Å². The van der Waals surface area contributed by atoms with Gasteiger partial charge in [-0.1, -0.05) is 28.9 Å². The lowest BCUT2D eigenvalue weighted by molar-refractivity contribution is 0.0525. The van der Waals surface area contributed by atoms with E-state index in [4.69, 9.17) is 4.74 Å². The average molecular weight is 332 g/mol. The average Bonchev–Trinajstić information content (AvgIpc) is 2.23. The van der Waals surface area contributed by atoms with E-state index in [1.807, 2.05) is 6.92 Å². The van der Waals surface area contributed by atoms with Crippen molar-refractivity contribution in [1.82, 2.24) is 5.32 Å². The van der Waals surface area contributed by atoms with Gasteiger partial charge >= 0.3 is 6.09 Å². The van der Waals surface area contributed by atoms with Crippen LogP contribution in [0.1, 0.15) is 39.2 Å². The second-order valence-electron chi connectivity index (χ2n) is 5.45. The van der Waals surface area contributed by atoms with Gasteiger partial charge in [-0.3, -0.25) is 0 Å². The summed E-state index contributed by atoms with van der Waals surface area (Å²) in [5.74, 6) is -0.409. The molecule has 0 heterocycles. The molecule has 1 aromatic rings. The molecule has 3 nitrogen and oxygen atoms in total. The molecule has 5 heteroatoms. The molecule has 106 valence electrons. The molecule has 1 atom stereocenters. The number of halogens is 2. The molecule has 1 aromatic carbocycles. The minimum Gasteiger partial charge on any atom is -0.444 e. The zero-order chi connectivity index (χ0) is 14.6. The fourth-order valence-electron chi connectivity index (χ4n) is 1.56. The highest BCUT2D eigenvalue weighted by molar-refractivity contribution is 9.10. The Bertz CT molecular complexity index is 457. The Morgan fingerprint density at radius 2 is 2.11 bits per heavy atom. The van der Waals surface area contributed by atoms with E-state index < -0.39 is 11.7 Å². The number of ether oxygens (including phenoxy) is 1. The van der Waals surface area contributed by atoms with Crippen molar-refractivity contribution in [2.45, 2.75) is 39.2 Å². The van der Waals surface area contributed by atoms with Gasteiger partial charge in [-0.15, -0.1) is 0 Å². The van der Waals surface area contributed by atoms with E-state index in [1.54, 1.807) is 32.9 Å². The van der Waals surface area contributed by atoms with Crippen LogP contribution in [0.25, 0.3) is 0 Å². The van der Waals surface area contributed by atoms with E-state index in [0.29, 0.717) is 16.6 Å². The number of hydrogen-bond acceptors (Lipinski definition) is 2. The summed E-state index contributed by atoms with van der Waals surface area (Å²) in [5.41, 5.74) is 0.0372. The summed E-state index contributed by atoms with van der Waals surface area (Å²) in [5, 5.41) is 2.64. The quantitative estimate of drug-likeness (QED) is 0.900. The van der Waals surface area contributed by atoms with Gasteiger partial charge < -0.3 is 10.1 Å². The molecular weight excluding hydrogens is 313 g/mol. The predicted molar refractivity (Wildman–Crippen MR) is 76.8 cm³/mol. The monoisotopic (exact) mass is 331 g/mol. The van der Waals surface area contributed by atoms with Crippen LogP contribution in [0, 0.1) is 5.82 Å². The zero-order valence-corrected chi connectivity index (χ0v) is 13.2. The first-order valence-electron chi connectivity index (χ1n) is 6.11. The van der Waals surface area contributed by atoms with Crippen molar-refractivity contribution < 1.29 is 13.9 Å². The SMILES string of the molecule is CC(CNC(=O)OC(C)(C)C)c1ccc(Br)cc1F. The molecule has 1 N–H and O–H groups in total. The van der Waals surface area contributed by atoms with Gasteiger partial charge in [0.15, 0.2) is 0 Å². The summed E-state index contributed by atoms with van der Waals surface area (Å²) < 4.78 is 19.5. The topological polar surface area (TPSA) is 38.3 Å². The van der Waals surface area contributed by atoms with E-state index in [-0.39, 0.29) is 11.7 Å². The first-order chi connectivity index (χ1) is 8.69. The number of rotatable bonds is 3. The number of benzene rings is 1. The maximum Gasteiger partial charge on any atom is 0.407 e. The number of carbonyl (C=O) groups is 1. The summed E-state index contributed by atoms with van der Waals surface area (Å²) in [6, 6.07) is 4.91. The van der Waals surface area contributed by atoms with Gasteiger partial charge in [-0.05, 0) is 38.5 Å². The fraction of sp³-hybridized carbons (Fsp3) is 0.500. The van der Waals surface area contributed by atoms with Crippen LogP contribution in [0.3, 0.4) is 0 Å². The largest absolute Gasteiger partial charge is 0.444 e. The number of nitrogens with one attached hydrogen (secondary N) is 1. The van der Waals surface area contributed by atoms with Crippen LogP contribution in [-0.4, -0.2) is 18.2 Å². The van der Waals surface area contributed by atoms with Crippen LogP contribution in [-0.2, 0) is 4.74 Å². The summed E-state index contributed by atoms with van der Waals surface area (Å²) in [6.45, 7) is 7.57. The van der Waals surface area contributed by atoms with E-state index in [0.717, 1.165) is 0 Å². The molecular formula is C14H19BrFNO2. The summed E-state index contributed by atoms with van der Waals surface area (Å²) in [7, 11) is 0. The van der Waals surface area contributed by atoms with Gasteiger partial charge in [0, 0.05) is 16.9 Å². The normalized spacial score (nSPS) is 12.9. The predicted octanol–water partition coefficient (Wildman–Crippen LogP) is 4.22. The molecule has 0 aliphatic heterocycles. The van der Waals surface area contributed by atoms with Crippen LogP contribution in [0.15, 0.2) is 22.7 Å². The Balaban J connectivity index is 2.56. The van der Waals surface area contributed by atoms with Crippen LogP contribution < -0.4 is 5.32 Å². The van der Waals surface area contributed by atoms with Crippen molar-refractivity contribution >= 4 is 22.0 Å². The van der Waals surface area contributed by atoms with Crippen molar-refractivity contribution in [3.8, 4) is 0 Å². The van der Waals surface area contributed by atoms with E-state index in [1.165, 1.54) is 6.07 Å². The standard InChI is InChI=1S/C14H19BrFNO2/c1-9(8-17-13(18)19-14(2,3)4)11-6-5-10(15)7-12(11)16/h5-7,9H,8H2,1-4H3,(H,17,18). The van der Waals surface area contributed by atoms with Crippen LogP contribution in [0.5, 0.6) is 0 Å². The second kappa shape index (κ2) is 6.37. The van der Waals surface area contributed by atoms with Gasteiger partial charge in [0.05, 0.1) is 0 Å². The molecule has 1 amide bonds. The molecule has 0 spiro atoms. The van der Waals surface area contributed by atoms with Crippen molar-refractivity contribution in [1.29, 1.82) is 0 Å². The highest BCUT2D eigenvalue weighted by Crippen LogP contribution is 2.22. The zero-order valence-electron chi connectivity index (χ0n) is 11.6. The van der Waals surface area contributed by atoms with Gasteiger partial charge in [-0.25, -0.2) is 9.18 Å². The fourth-order valence-corrected chi connectivity index (χ4v) is 1.89. The van der Waals surface area contributed by atoms with Crippen molar-refractivity contribution in [2.24, 2.45) is 0 Å². The van der Waals surface area contributed by atoms with Gasteiger partial charge in [0.2, 0.25) is 0 Å². The number of amides is 1. The maximum atomic E-state index is 13.7. The molecule has 1 rings (SSSR count). The lowest BCUT2D eigenvalue weighted by atomic mass is 10.0. The summed E-state index contributed by atoms with van der Waals surface area (Å²) in [6.07, 6.45) is -0.489. The van der Waals surface area contributed by atoms with Gasteiger partial charge in [0.1, 0.15) is 11.4 Å². The number of hydrogen-bond donors (Lipinski definition) is 1.